The molecule has 2 aromatic rings. The first kappa shape index (κ1) is 20.6. The van der Waals surface area contributed by atoms with Crippen LogP contribution in [0.2, 0.25) is 0 Å². The predicted molar refractivity (Wildman–Crippen MR) is 106 cm³/mol. The minimum atomic E-state index is -0.589. The van der Waals surface area contributed by atoms with Crippen LogP contribution in [0.3, 0.4) is 0 Å². The maximum atomic E-state index is 12.7. The van der Waals surface area contributed by atoms with Gasteiger partial charge in [0.05, 0.1) is 6.54 Å². The zero-order valence-electron chi connectivity index (χ0n) is 16.4. The highest BCUT2D eigenvalue weighted by Gasteiger charge is 2.39. The van der Waals surface area contributed by atoms with Crippen molar-refractivity contribution in [1.82, 2.24) is 15.7 Å². The third-order valence-corrected chi connectivity index (χ3v) is 4.65. The van der Waals surface area contributed by atoms with Crippen molar-refractivity contribution in [3.63, 3.8) is 0 Å². The molecule has 2 aromatic carbocycles. The van der Waals surface area contributed by atoms with E-state index in [9.17, 15) is 9.59 Å². The topological polar surface area (TPSA) is 100 Å². The molecular formula is C21H25N3O5. The average Bonchev–Trinajstić information content (AvgIpc) is 3.09. The number of rotatable bonds is 8. The minimum absolute atomic E-state index is 0.0349. The molecule has 0 saturated carbocycles. The van der Waals surface area contributed by atoms with Gasteiger partial charge in [-0.2, -0.15) is 0 Å². The van der Waals surface area contributed by atoms with Crippen LogP contribution in [0.25, 0.3) is 0 Å². The SMILES string of the molecule is CN(C)C[C@@H]1c2ccccc2O[C@@H]1C(=O)NCCOc1ccc(C(=O)NO)cc1. The minimum Gasteiger partial charge on any atom is -0.492 e. The fourth-order valence-electron chi connectivity index (χ4n) is 3.31. The summed E-state index contributed by atoms with van der Waals surface area (Å²) in [5.74, 6) is 0.513. The first-order chi connectivity index (χ1) is 14.0. The van der Waals surface area contributed by atoms with E-state index in [0.717, 1.165) is 11.3 Å². The van der Waals surface area contributed by atoms with Gasteiger partial charge in [0.2, 0.25) is 0 Å². The second-order valence-electron chi connectivity index (χ2n) is 7.05. The Labute approximate surface area is 169 Å². The van der Waals surface area contributed by atoms with Crippen LogP contribution < -0.4 is 20.3 Å². The largest absolute Gasteiger partial charge is 0.492 e. The Morgan fingerprint density at radius 2 is 1.86 bits per heavy atom. The van der Waals surface area contributed by atoms with Crippen molar-refractivity contribution >= 4 is 11.8 Å². The highest BCUT2D eigenvalue weighted by molar-refractivity contribution is 5.93. The number of likely N-dealkylation sites (N-methyl/N-ethyl adjacent to an activating group) is 1. The molecule has 0 aromatic heterocycles. The van der Waals surface area contributed by atoms with Crippen molar-refractivity contribution in [2.45, 2.75) is 12.0 Å². The Balaban J connectivity index is 1.51. The number of benzene rings is 2. The van der Waals surface area contributed by atoms with E-state index in [2.05, 4.69) is 5.32 Å². The smallest absolute Gasteiger partial charge is 0.274 e. The van der Waals surface area contributed by atoms with E-state index in [1.165, 1.54) is 12.1 Å². The fraction of sp³-hybridized carbons (Fsp3) is 0.333. The fourth-order valence-corrected chi connectivity index (χ4v) is 3.31. The third kappa shape index (κ3) is 5.04. The number of para-hydroxylation sites is 1. The molecule has 0 saturated heterocycles. The van der Waals surface area contributed by atoms with E-state index in [1.54, 1.807) is 17.6 Å². The number of fused-ring (bicyclic) bond motifs is 1. The van der Waals surface area contributed by atoms with Crippen molar-refractivity contribution in [2.24, 2.45) is 0 Å². The molecule has 3 N–H and O–H groups in total. The average molecular weight is 399 g/mol. The lowest BCUT2D eigenvalue weighted by Crippen LogP contribution is -2.43. The molecule has 0 radical (unpaired) electrons. The second-order valence-corrected chi connectivity index (χ2v) is 7.05. The highest BCUT2D eigenvalue weighted by atomic mass is 16.5. The number of nitrogens with one attached hydrogen (secondary N) is 2. The summed E-state index contributed by atoms with van der Waals surface area (Å²) < 4.78 is 11.5. The molecule has 1 heterocycles. The zero-order valence-corrected chi connectivity index (χ0v) is 16.4. The standard InChI is InChI=1S/C21H25N3O5/c1-24(2)13-17-16-5-3-4-6-18(16)29-19(17)21(26)22-11-12-28-15-9-7-14(8-10-15)20(25)23-27/h3-10,17,19,27H,11-13H2,1-2H3,(H,22,26)(H,23,25)/t17-,19+/m1/s1. The number of hydrogen-bond acceptors (Lipinski definition) is 6. The van der Waals surface area contributed by atoms with Crippen LogP contribution in [0.4, 0.5) is 0 Å². The summed E-state index contributed by atoms with van der Waals surface area (Å²) in [6.07, 6.45) is -0.578. The molecule has 8 nitrogen and oxygen atoms in total. The number of ether oxygens (including phenoxy) is 2. The normalized spacial score (nSPS) is 17.4. The molecule has 0 unspecified atom stereocenters. The van der Waals surface area contributed by atoms with Gasteiger partial charge in [-0.25, -0.2) is 5.48 Å². The van der Waals surface area contributed by atoms with E-state index in [-0.39, 0.29) is 18.4 Å². The third-order valence-electron chi connectivity index (χ3n) is 4.65. The summed E-state index contributed by atoms with van der Waals surface area (Å²) in [7, 11) is 3.94. The monoisotopic (exact) mass is 399 g/mol. The van der Waals surface area contributed by atoms with Gasteiger partial charge in [-0.05, 0) is 44.4 Å². The van der Waals surface area contributed by atoms with Crippen LogP contribution in [-0.4, -0.2) is 61.8 Å². The predicted octanol–water partition coefficient (Wildman–Crippen LogP) is 1.41. The van der Waals surface area contributed by atoms with Crippen LogP contribution in [0.15, 0.2) is 48.5 Å². The molecule has 0 fully saturated rings. The van der Waals surface area contributed by atoms with E-state index in [1.807, 2.05) is 43.3 Å². The van der Waals surface area contributed by atoms with Crippen LogP contribution >= 0.6 is 0 Å². The van der Waals surface area contributed by atoms with Crippen LogP contribution in [0.5, 0.6) is 11.5 Å². The Kier molecular flexibility index (Phi) is 6.69. The molecule has 1 aliphatic heterocycles. The van der Waals surface area contributed by atoms with Crippen LogP contribution in [-0.2, 0) is 4.79 Å². The summed E-state index contributed by atoms with van der Waals surface area (Å²) >= 11 is 0. The number of carbonyl (C=O) groups excluding carboxylic acids is 2. The van der Waals surface area contributed by atoms with E-state index < -0.39 is 12.0 Å². The summed E-state index contributed by atoms with van der Waals surface area (Å²) in [5, 5.41) is 11.5. The van der Waals surface area contributed by atoms with E-state index >= 15 is 0 Å². The Morgan fingerprint density at radius 3 is 2.55 bits per heavy atom. The zero-order chi connectivity index (χ0) is 20.8. The first-order valence-electron chi connectivity index (χ1n) is 9.35. The van der Waals surface area contributed by atoms with Gasteiger partial charge < -0.3 is 19.7 Å². The molecule has 154 valence electrons. The molecule has 0 bridgehead atoms. The lowest BCUT2D eigenvalue weighted by molar-refractivity contribution is -0.128. The number of amides is 2. The van der Waals surface area contributed by atoms with Gasteiger partial charge in [-0.1, -0.05) is 18.2 Å². The van der Waals surface area contributed by atoms with Crippen molar-refractivity contribution in [3.05, 3.63) is 59.7 Å². The van der Waals surface area contributed by atoms with Gasteiger partial charge in [0, 0.05) is 23.6 Å². The lowest BCUT2D eigenvalue weighted by atomic mass is 9.94. The van der Waals surface area contributed by atoms with Crippen LogP contribution in [0.1, 0.15) is 21.8 Å². The van der Waals surface area contributed by atoms with Gasteiger partial charge in [0.15, 0.2) is 6.10 Å². The number of carbonyl (C=O) groups is 2. The number of hydroxylamine groups is 1. The summed E-state index contributed by atoms with van der Waals surface area (Å²) in [4.78, 5) is 26.0. The summed E-state index contributed by atoms with van der Waals surface area (Å²) in [5.41, 5.74) is 2.94. The van der Waals surface area contributed by atoms with Gasteiger partial charge in [-0.3, -0.25) is 14.8 Å². The summed E-state index contributed by atoms with van der Waals surface area (Å²) in [6.45, 7) is 1.30. The Hall–Kier alpha value is -3.10. The molecule has 0 aliphatic carbocycles. The quantitative estimate of drug-likeness (QED) is 0.353. The maximum absolute atomic E-state index is 12.7. The molecule has 2 amide bonds. The van der Waals surface area contributed by atoms with Gasteiger partial charge >= 0.3 is 0 Å². The van der Waals surface area contributed by atoms with Crippen molar-refractivity contribution in [2.75, 3.05) is 33.8 Å². The number of nitrogens with zero attached hydrogens (tertiary/aromatic N) is 1. The Bertz CT molecular complexity index is 854. The second kappa shape index (κ2) is 9.40. The molecule has 8 heteroatoms. The van der Waals surface area contributed by atoms with E-state index in [4.69, 9.17) is 14.7 Å². The molecule has 1 aliphatic rings. The first-order valence-corrected chi connectivity index (χ1v) is 9.35. The van der Waals surface area contributed by atoms with Gasteiger partial charge in [-0.15, -0.1) is 0 Å². The van der Waals surface area contributed by atoms with Crippen molar-refractivity contribution < 1.29 is 24.3 Å². The highest BCUT2D eigenvalue weighted by Crippen LogP contribution is 2.38. The summed E-state index contributed by atoms with van der Waals surface area (Å²) in [6, 6.07) is 14.1. The Morgan fingerprint density at radius 1 is 1.14 bits per heavy atom. The molecule has 3 rings (SSSR count). The molecule has 29 heavy (non-hydrogen) atoms. The van der Waals surface area contributed by atoms with Gasteiger partial charge in [0.1, 0.15) is 18.1 Å². The van der Waals surface area contributed by atoms with E-state index in [0.29, 0.717) is 24.4 Å². The molecular weight excluding hydrogens is 374 g/mol. The maximum Gasteiger partial charge on any atom is 0.274 e. The van der Waals surface area contributed by atoms with Crippen molar-refractivity contribution in [3.8, 4) is 11.5 Å². The van der Waals surface area contributed by atoms with Crippen molar-refractivity contribution in [1.29, 1.82) is 0 Å². The molecule has 2 atom stereocenters. The molecule has 0 spiro atoms. The lowest BCUT2D eigenvalue weighted by Gasteiger charge is -2.21. The van der Waals surface area contributed by atoms with Crippen LogP contribution in [0, 0.1) is 0 Å². The van der Waals surface area contributed by atoms with Gasteiger partial charge in [0.25, 0.3) is 11.8 Å². The number of hydrogen-bond donors (Lipinski definition) is 3.